The van der Waals surface area contributed by atoms with Crippen molar-refractivity contribution >= 4 is 39.1 Å². The van der Waals surface area contributed by atoms with Crippen LogP contribution in [-0.4, -0.2) is 44.3 Å². The van der Waals surface area contributed by atoms with Crippen molar-refractivity contribution in [3.05, 3.63) is 131 Å². The summed E-state index contributed by atoms with van der Waals surface area (Å²) in [6.07, 6.45) is 0.891. The number of amides is 2. The minimum atomic E-state index is -4.31. The Morgan fingerprint density at radius 3 is 2.09 bits per heavy atom. The number of rotatable bonds is 13. The number of sulfonamides is 1. The molecule has 0 radical (unpaired) electrons. The van der Waals surface area contributed by atoms with E-state index in [0.29, 0.717) is 23.6 Å². The van der Waals surface area contributed by atoms with Gasteiger partial charge >= 0.3 is 0 Å². The van der Waals surface area contributed by atoms with Gasteiger partial charge in [0.15, 0.2) is 0 Å². The summed E-state index contributed by atoms with van der Waals surface area (Å²) >= 11 is 6.49. The summed E-state index contributed by atoms with van der Waals surface area (Å²) in [6.45, 7) is 1.69. The molecule has 224 valence electrons. The minimum Gasteiger partial charge on any atom is -0.354 e. The highest BCUT2D eigenvalue weighted by atomic mass is 35.5. The Hall–Kier alpha value is -4.21. The van der Waals surface area contributed by atoms with Crippen LogP contribution in [0, 0.1) is 5.82 Å². The molecule has 0 bridgehead atoms. The average Bonchev–Trinajstić information content (AvgIpc) is 3.02. The minimum absolute atomic E-state index is 0.0330. The lowest BCUT2D eigenvalue weighted by atomic mass is 10.0. The van der Waals surface area contributed by atoms with Gasteiger partial charge in [0.2, 0.25) is 11.8 Å². The van der Waals surface area contributed by atoms with Crippen molar-refractivity contribution in [1.29, 1.82) is 0 Å². The molecular weight excluding hydrogens is 589 g/mol. The number of hydrogen-bond acceptors (Lipinski definition) is 4. The Morgan fingerprint density at radius 1 is 0.860 bits per heavy atom. The van der Waals surface area contributed by atoms with Crippen LogP contribution in [0.3, 0.4) is 0 Å². The average molecular weight is 622 g/mol. The fourth-order valence-electron chi connectivity index (χ4n) is 4.59. The van der Waals surface area contributed by atoms with Crippen LogP contribution >= 0.6 is 11.6 Å². The van der Waals surface area contributed by atoms with Gasteiger partial charge in [0, 0.05) is 24.5 Å². The first kappa shape index (κ1) is 31.7. The lowest BCUT2D eigenvalue weighted by Crippen LogP contribution is -2.53. The lowest BCUT2D eigenvalue weighted by molar-refractivity contribution is -0.140. The SMILES string of the molecule is CCCNC(=O)[C@H](Cc1ccccc1)N(Cc1ccccc1Cl)C(=O)CN(c1ccccc1)S(=O)(=O)c1ccc(F)cc1. The Morgan fingerprint density at radius 2 is 1.47 bits per heavy atom. The smallest absolute Gasteiger partial charge is 0.264 e. The number of para-hydroxylation sites is 1. The first-order valence-electron chi connectivity index (χ1n) is 13.9. The molecule has 0 aromatic heterocycles. The summed E-state index contributed by atoms with van der Waals surface area (Å²) in [4.78, 5) is 29.2. The highest BCUT2D eigenvalue weighted by molar-refractivity contribution is 7.92. The van der Waals surface area contributed by atoms with Gasteiger partial charge in [-0.1, -0.05) is 85.3 Å². The van der Waals surface area contributed by atoms with Crippen LogP contribution in [0.1, 0.15) is 24.5 Å². The molecular formula is C33H33ClFN3O4S. The Bertz CT molecular complexity index is 1620. The number of hydrogen-bond donors (Lipinski definition) is 1. The van der Waals surface area contributed by atoms with Crippen LogP contribution in [0.5, 0.6) is 0 Å². The van der Waals surface area contributed by atoms with Gasteiger partial charge in [-0.3, -0.25) is 13.9 Å². The second-order valence-corrected chi connectivity index (χ2v) is 12.2. The molecule has 0 unspecified atom stereocenters. The third-order valence-corrected chi connectivity index (χ3v) is 9.00. The normalized spacial score (nSPS) is 11.9. The Kier molecular flexibility index (Phi) is 10.9. The van der Waals surface area contributed by atoms with E-state index in [-0.39, 0.29) is 29.5 Å². The van der Waals surface area contributed by atoms with Gasteiger partial charge in [0.05, 0.1) is 10.6 Å². The highest BCUT2D eigenvalue weighted by Gasteiger charge is 2.34. The zero-order chi connectivity index (χ0) is 30.8. The number of carbonyl (C=O) groups is 2. The second kappa shape index (κ2) is 14.8. The van der Waals surface area contributed by atoms with E-state index in [1.807, 2.05) is 37.3 Å². The molecule has 1 atom stereocenters. The third kappa shape index (κ3) is 8.21. The van der Waals surface area contributed by atoms with E-state index in [0.717, 1.165) is 34.1 Å². The molecule has 0 fully saturated rings. The predicted octanol–water partition coefficient (Wildman–Crippen LogP) is 5.84. The maximum Gasteiger partial charge on any atom is 0.264 e. The van der Waals surface area contributed by atoms with Gasteiger partial charge in [0.1, 0.15) is 18.4 Å². The number of nitrogens with zero attached hydrogens (tertiary/aromatic N) is 2. The predicted molar refractivity (Wildman–Crippen MR) is 167 cm³/mol. The first-order valence-corrected chi connectivity index (χ1v) is 15.7. The van der Waals surface area contributed by atoms with E-state index in [1.165, 1.54) is 4.90 Å². The van der Waals surface area contributed by atoms with Gasteiger partial charge in [-0.25, -0.2) is 12.8 Å². The zero-order valence-electron chi connectivity index (χ0n) is 23.7. The van der Waals surface area contributed by atoms with Crippen molar-refractivity contribution in [1.82, 2.24) is 10.2 Å². The van der Waals surface area contributed by atoms with E-state index in [2.05, 4.69) is 5.32 Å². The molecule has 2 amide bonds. The summed E-state index contributed by atoms with van der Waals surface area (Å²) in [5.41, 5.74) is 1.68. The molecule has 0 aliphatic heterocycles. The first-order chi connectivity index (χ1) is 20.7. The van der Waals surface area contributed by atoms with E-state index in [4.69, 9.17) is 11.6 Å². The number of benzene rings is 4. The Balaban J connectivity index is 1.78. The summed E-state index contributed by atoms with van der Waals surface area (Å²) in [5.74, 6) is -1.56. The maximum absolute atomic E-state index is 14.3. The van der Waals surface area contributed by atoms with Crippen molar-refractivity contribution in [2.75, 3.05) is 17.4 Å². The van der Waals surface area contributed by atoms with Crippen LogP contribution in [0.25, 0.3) is 0 Å². The van der Waals surface area contributed by atoms with Crippen LogP contribution in [0.15, 0.2) is 114 Å². The molecule has 0 heterocycles. The van der Waals surface area contributed by atoms with Crippen LogP contribution < -0.4 is 9.62 Å². The summed E-state index contributed by atoms with van der Waals surface area (Å²) in [6, 6.07) is 27.9. The van der Waals surface area contributed by atoms with Crippen LogP contribution in [-0.2, 0) is 32.6 Å². The van der Waals surface area contributed by atoms with E-state index in [1.54, 1.807) is 54.6 Å². The van der Waals surface area contributed by atoms with Gasteiger partial charge in [-0.05, 0) is 60.0 Å². The van der Waals surface area contributed by atoms with Gasteiger partial charge in [-0.15, -0.1) is 0 Å². The van der Waals surface area contributed by atoms with Crippen molar-refractivity contribution in [3.63, 3.8) is 0 Å². The molecule has 10 heteroatoms. The largest absolute Gasteiger partial charge is 0.354 e. The molecule has 0 aliphatic carbocycles. The fraction of sp³-hybridized carbons (Fsp3) is 0.212. The number of anilines is 1. The quantitative estimate of drug-likeness (QED) is 0.203. The van der Waals surface area contributed by atoms with E-state index < -0.39 is 34.3 Å². The molecule has 43 heavy (non-hydrogen) atoms. The molecule has 4 rings (SSSR count). The molecule has 4 aromatic carbocycles. The second-order valence-electron chi connectivity index (χ2n) is 9.91. The number of carbonyl (C=O) groups excluding carboxylic acids is 2. The van der Waals surface area contributed by atoms with Crippen LogP contribution in [0.4, 0.5) is 10.1 Å². The number of halogens is 2. The third-order valence-electron chi connectivity index (χ3n) is 6.84. The molecule has 1 N–H and O–H groups in total. The summed E-state index contributed by atoms with van der Waals surface area (Å²) in [7, 11) is -4.31. The fourth-order valence-corrected chi connectivity index (χ4v) is 6.20. The van der Waals surface area contributed by atoms with Gasteiger partial charge < -0.3 is 10.2 Å². The van der Waals surface area contributed by atoms with Crippen molar-refractivity contribution in [3.8, 4) is 0 Å². The monoisotopic (exact) mass is 621 g/mol. The van der Waals surface area contributed by atoms with Crippen molar-refractivity contribution < 1.29 is 22.4 Å². The van der Waals surface area contributed by atoms with Crippen molar-refractivity contribution in [2.45, 2.75) is 37.2 Å². The topological polar surface area (TPSA) is 86.8 Å². The zero-order valence-corrected chi connectivity index (χ0v) is 25.3. The maximum atomic E-state index is 14.3. The molecule has 0 spiro atoms. The molecule has 0 aliphatic rings. The molecule has 0 saturated heterocycles. The lowest BCUT2D eigenvalue weighted by Gasteiger charge is -2.34. The van der Waals surface area contributed by atoms with Gasteiger partial charge in [0.25, 0.3) is 10.0 Å². The summed E-state index contributed by atoms with van der Waals surface area (Å²) < 4.78 is 42.4. The number of nitrogens with one attached hydrogen (secondary N) is 1. The Labute approximate surface area is 257 Å². The molecule has 0 saturated carbocycles. The van der Waals surface area contributed by atoms with E-state index >= 15 is 0 Å². The molecule has 4 aromatic rings. The standard InChI is InChI=1S/C33H33ClFN3O4S/c1-2-21-36-33(40)31(22-25-11-5-3-6-12-25)37(23-26-13-9-10-16-30(26)34)32(39)24-38(28-14-7-4-8-15-28)43(41,42)29-19-17-27(35)18-20-29/h3-20,31H,2,21-24H2,1H3,(H,36,40)/t31-/m0/s1. The van der Waals surface area contributed by atoms with Crippen LogP contribution in [0.2, 0.25) is 5.02 Å². The highest BCUT2D eigenvalue weighted by Crippen LogP contribution is 2.26. The summed E-state index contributed by atoms with van der Waals surface area (Å²) in [5, 5.41) is 3.31. The van der Waals surface area contributed by atoms with Gasteiger partial charge in [-0.2, -0.15) is 0 Å². The van der Waals surface area contributed by atoms with E-state index in [9.17, 15) is 22.4 Å². The van der Waals surface area contributed by atoms with Crippen molar-refractivity contribution in [2.24, 2.45) is 0 Å². The molecule has 7 nitrogen and oxygen atoms in total.